The molecule has 140 valence electrons. The predicted octanol–water partition coefficient (Wildman–Crippen LogP) is 0.574. The fraction of sp³-hybridized carbons (Fsp3) is 0.333. The van der Waals surface area contributed by atoms with Gasteiger partial charge in [-0.2, -0.15) is 12.6 Å². The van der Waals surface area contributed by atoms with Crippen LogP contribution in [0.15, 0.2) is 12.1 Å². The number of hydrogen-bond donors (Lipinski definition) is 1. The summed E-state index contributed by atoms with van der Waals surface area (Å²) in [4.78, 5) is 63.3. The van der Waals surface area contributed by atoms with Crippen molar-refractivity contribution in [1.29, 1.82) is 0 Å². The summed E-state index contributed by atoms with van der Waals surface area (Å²) >= 11 is 4.03. The lowest BCUT2D eigenvalue weighted by atomic mass is 9.98. The van der Waals surface area contributed by atoms with Crippen molar-refractivity contribution >= 4 is 37.1 Å². The zero-order valence-electron chi connectivity index (χ0n) is 14.1. The van der Waals surface area contributed by atoms with E-state index >= 15 is 0 Å². The molecule has 0 radical (unpaired) electrons. The highest BCUT2D eigenvalue weighted by Crippen LogP contribution is 2.19. The number of amides is 3. The molecule has 10 nitrogen and oxygen atoms in total. The number of nitrogens with zero attached hydrogens (tertiary/aromatic N) is 3. The third-order valence-corrected chi connectivity index (χ3v) is 3.66. The third kappa shape index (κ3) is 5.02. The third-order valence-electron chi connectivity index (χ3n) is 3.46. The zero-order chi connectivity index (χ0) is 19.9. The number of aryl methyl sites for hydroxylation is 1. The van der Waals surface area contributed by atoms with Gasteiger partial charge < -0.3 is 4.90 Å². The van der Waals surface area contributed by atoms with Crippen LogP contribution in [0.1, 0.15) is 36.6 Å². The molecule has 0 spiro atoms. The van der Waals surface area contributed by atoms with E-state index < -0.39 is 23.6 Å². The first-order valence-corrected chi connectivity index (χ1v) is 7.89. The van der Waals surface area contributed by atoms with Crippen molar-refractivity contribution in [2.45, 2.75) is 6.92 Å². The second-order valence-electron chi connectivity index (χ2n) is 5.18. The van der Waals surface area contributed by atoms with E-state index in [0.29, 0.717) is 29.0 Å². The monoisotopic (exact) mass is 383 g/mol. The summed E-state index contributed by atoms with van der Waals surface area (Å²) in [7, 11) is 1.51. The Kier molecular flexibility index (Phi) is 7.72. The zero-order valence-corrected chi connectivity index (χ0v) is 15.0. The molecule has 1 rings (SSSR count). The summed E-state index contributed by atoms with van der Waals surface area (Å²) in [5, 5.41) is 9.10. The average molecular weight is 383 g/mol. The molecule has 0 aliphatic heterocycles. The molecule has 0 saturated carbocycles. The summed E-state index contributed by atoms with van der Waals surface area (Å²) in [6, 6.07) is 2.51. The number of benzene rings is 1. The van der Waals surface area contributed by atoms with Crippen LogP contribution < -0.4 is 0 Å². The van der Waals surface area contributed by atoms with E-state index in [1.807, 2.05) is 0 Å². The van der Waals surface area contributed by atoms with Crippen molar-refractivity contribution in [3.63, 3.8) is 0 Å². The van der Waals surface area contributed by atoms with Crippen LogP contribution in [-0.2, 0) is 9.63 Å². The van der Waals surface area contributed by atoms with Crippen LogP contribution in [0.2, 0.25) is 0 Å². The highest BCUT2D eigenvalue weighted by atomic mass is 32.1. The van der Waals surface area contributed by atoms with E-state index in [1.165, 1.54) is 31.0 Å². The molecule has 0 saturated heterocycles. The van der Waals surface area contributed by atoms with Gasteiger partial charge in [-0.1, -0.05) is 0 Å². The molecule has 0 N–H and O–H groups in total. The summed E-state index contributed by atoms with van der Waals surface area (Å²) in [5.41, 5.74) is 0.309. The molecule has 0 aliphatic rings. The standard InChI is InChI=1S/C15H17N3O7S/c1-10-5-11(7-19)13(14(21)16(2)3-4-26)6-12(10)15(22)17(8-20)9-25-18(23)24/h5-8,26H,3-4,9H2,1-2H3. The number of imide groups is 1. The van der Waals surface area contributed by atoms with Crippen LogP contribution in [0.4, 0.5) is 0 Å². The molecule has 0 bridgehead atoms. The van der Waals surface area contributed by atoms with Gasteiger partial charge in [-0.15, -0.1) is 10.1 Å². The van der Waals surface area contributed by atoms with E-state index in [4.69, 9.17) is 0 Å². The summed E-state index contributed by atoms with van der Waals surface area (Å²) in [5.74, 6) is -1.01. The average Bonchev–Trinajstić information content (AvgIpc) is 2.60. The van der Waals surface area contributed by atoms with Crippen molar-refractivity contribution in [2.75, 3.05) is 26.1 Å². The molecule has 0 aromatic heterocycles. The normalized spacial score (nSPS) is 9.96. The van der Waals surface area contributed by atoms with Crippen LogP contribution in [0.5, 0.6) is 0 Å². The Labute approximate surface area is 154 Å². The highest BCUT2D eigenvalue weighted by molar-refractivity contribution is 7.80. The van der Waals surface area contributed by atoms with Crippen LogP contribution in [0.3, 0.4) is 0 Å². The first-order chi connectivity index (χ1) is 12.3. The largest absolute Gasteiger partial charge is 0.341 e. The number of thiol groups is 1. The van der Waals surface area contributed by atoms with E-state index in [2.05, 4.69) is 17.5 Å². The van der Waals surface area contributed by atoms with Gasteiger partial charge in [0.1, 0.15) is 0 Å². The summed E-state index contributed by atoms with van der Waals surface area (Å²) in [6.45, 7) is 0.921. The Hall–Kier alpha value is -2.95. The van der Waals surface area contributed by atoms with Gasteiger partial charge in [0.2, 0.25) is 6.41 Å². The Morgan fingerprint density at radius 3 is 2.42 bits per heavy atom. The molecule has 1 aromatic rings. The minimum atomic E-state index is -1.15. The minimum absolute atomic E-state index is 0.0284. The van der Waals surface area contributed by atoms with Gasteiger partial charge in [-0.3, -0.25) is 28.9 Å². The van der Waals surface area contributed by atoms with Gasteiger partial charge in [0.15, 0.2) is 13.0 Å². The maximum absolute atomic E-state index is 12.5. The molecule has 11 heteroatoms. The van der Waals surface area contributed by atoms with Crippen LogP contribution in [0.25, 0.3) is 0 Å². The van der Waals surface area contributed by atoms with E-state index in [1.54, 1.807) is 0 Å². The van der Waals surface area contributed by atoms with E-state index in [9.17, 15) is 29.3 Å². The highest BCUT2D eigenvalue weighted by Gasteiger charge is 2.23. The van der Waals surface area contributed by atoms with E-state index in [0.717, 1.165) is 0 Å². The topological polar surface area (TPSA) is 127 Å². The van der Waals surface area contributed by atoms with Crippen LogP contribution >= 0.6 is 12.6 Å². The second kappa shape index (κ2) is 9.51. The van der Waals surface area contributed by atoms with Gasteiger partial charge in [-0.25, -0.2) is 0 Å². The smallest absolute Gasteiger partial charge is 0.296 e. The molecule has 0 heterocycles. The molecular formula is C15H17N3O7S. The second-order valence-corrected chi connectivity index (χ2v) is 5.63. The fourth-order valence-corrected chi connectivity index (χ4v) is 2.40. The molecular weight excluding hydrogens is 366 g/mol. The molecule has 0 unspecified atom stereocenters. The molecule has 1 aromatic carbocycles. The summed E-state index contributed by atoms with van der Waals surface area (Å²) in [6.07, 6.45) is 0.559. The maximum atomic E-state index is 12.5. The SMILES string of the molecule is Cc1cc(C=O)c(C(=O)N(C)CCS)cc1C(=O)N(C=O)CO[N+](=O)[O-]. The summed E-state index contributed by atoms with van der Waals surface area (Å²) < 4.78 is 0. The number of aldehydes is 1. The van der Waals surface area contributed by atoms with Crippen LogP contribution in [-0.4, -0.2) is 65.5 Å². The van der Waals surface area contributed by atoms with Crippen molar-refractivity contribution < 1.29 is 29.1 Å². The van der Waals surface area contributed by atoms with Crippen LogP contribution in [0, 0.1) is 17.0 Å². The van der Waals surface area contributed by atoms with Crippen molar-refractivity contribution in [3.8, 4) is 0 Å². The van der Waals surface area contributed by atoms with Crippen molar-refractivity contribution in [3.05, 3.63) is 44.5 Å². The van der Waals surface area contributed by atoms with Crippen molar-refractivity contribution in [2.24, 2.45) is 0 Å². The van der Waals surface area contributed by atoms with Crippen molar-refractivity contribution in [1.82, 2.24) is 9.80 Å². The van der Waals surface area contributed by atoms with Gasteiger partial charge in [0.05, 0.1) is 5.56 Å². The lowest BCUT2D eigenvalue weighted by molar-refractivity contribution is -0.761. The van der Waals surface area contributed by atoms with Gasteiger partial charge in [0, 0.05) is 30.5 Å². The molecule has 26 heavy (non-hydrogen) atoms. The maximum Gasteiger partial charge on any atom is 0.296 e. The Morgan fingerprint density at radius 1 is 1.27 bits per heavy atom. The number of carbonyl (C=O) groups excluding carboxylic acids is 4. The van der Waals surface area contributed by atoms with E-state index in [-0.39, 0.29) is 23.1 Å². The fourth-order valence-electron chi connectivity index (χ4n) is 2.10. The Balaban J connectivity index is 3.30. The molecule has 0 aliphatic carbocycles. The Morgan fingerprint density at radius 2 is 1.92 bits per heavy atom. The Bertz CT molecular complexity index is 738. The molecule has 0 atom stereocenters. The number of rotatable bonds is 9. The molecule has 3 amide bonds. The lowest BCUT2D eigenvalue weighted by Crippen LogP contribution is -2.34. The minimum Gasteiger partial charge on any atom is -0.341 e. The van der Waals surface area contributed by atoms with Gasteiger partial charge >= 0.3 is 0 Å². The number of hydrogen-bond acceptors (Lipinski definition) is 8. The first kappa shape index (κ1) is 21.1. The lowest BCUT2D eigenvalue weighted by Gasteiger charge is -2.20. The predicted molar refractivity (Wildman–Crippen MR) is 92.6 cm³/mol. The quantitative estimate of drug-likeness (QED) is 0.217. The van der Waals surface area contributed by atoms with Gasteiger partial charge in [-0.05, 0) is 24.6 Å². The van der Waals surface area contributed by atoms with Gasteiger partial charge in [0.25, 0.3) is 16.9 Å². The number of carbonyl (C=O) groups is 4. The molecule has 0 fully saturated rings. The first-order valence-electron chi connectivity index (χ1n) is 7.26.